The minimum Gasteiger partial charge on any atom is -0.318 e. The third kappa shape index (κ3) is 2.28. The molecule has 1 aromatic rings. The van der Waals surface area contributed by atoms with Crippen LogP contribution >= 0.6 is 0 Å². The molecule has 2 fully saturated rings. The first-order valence-corrected chi connectivity index (χ1v) is 8.12. The number of aryl methyl sites for hydroxylation is 1. The lowest BCUT2D eigenvalue weighted by molar-refractivity contribution is -0.137. The van der Waals surface area contributed by atoms with Gasteiger partial charge in [0.2, 0.25) is 5.91 Å². The molecule has 3 heteroatoms. The van der Waals surface area contributed by atoms with Crippen LogP contribution in [0.4, 0.5) is 0 Å². The Morgan fingerprint density at radius 2 is 2.00 bits per heavy atom. The van der Waals surface area contributed by atoms with Crippen molar-refractivity contribution in [2.45, 2.75) is 64.7 Å². The average Bonchev–Trinajstić information content (AvgIpc) is 2.69. The lowest BCUT2D eigenvalue weighted by Gasteiger charge is -2.42. The molecule has 1 N–H and O–H groups in total. The first kappa shape index (κ1) is 14.6. The third-order valence-corrected chi connectivity index (χ3v) is 5.37. The van der Waals surface area contributed by atoms with Crippen LogP contribution < -0.4 is 5.32 Å². The average molecular weight is 286 g/mol. The van der Waals surface area contributed by atoms with Crippen LogP contribution in [0.15, 0.2) is 24.3 Å². The van der Waals surface area contributed by atoms with E-state index in [1.165, 1.54) is 11.1 Å². The SMILES string of the molecule is CCC1(C)NC(c2ccccc2C)N(C2CC(C)C2)C1=O. The summed E-state index contributed by atoms with van der Waals surface area (Å²) in [6, 6.07) is 8.81. The van der Waals surface area contributed by atoms with Crippen LogP contribution in [0, 0.1) is 12.8 Å². The number of rotatable bonds is 3. The molecule has 1 aliphatic carbocycles. The van der Waals surface area contributed by atoms with E-state index in [-0.39, 0.29) is 12.1 Å². The Balaban J connectivity index is 1.97. The Morgan fingerprint density at radius 1 is 1.33 bits per heavy atom. The molecule has 2 atom stereocenters. The number of nitrogens with one attached hydrogen (secondary N) is 1. The number of nitrogens with zero attached hydrogens (tertiary/aromatic N) is 1. The maximum atomic E-state index is 13.0. The first-order chi connectivity index (χ1) is 9.96. The minimum absolute atomic E-state index is 0.0288. The summed E-state index contributed by atoms with van der Waals surface area (Å²) in [5.74, 6) is 1.02. The highest BCUT2D eigenvalue weighted by atomic mass is 16.2. The van der Waals surface area contributed by atoms with E-state index in [4.69, 9.17) is 0 Å². The van der Waals surface area contributed by atoms with Gasteiger partial charge in [-0.2, -0.15) is 0 Å². The lowest BCUT2D eigenvalue weighted by Crippen LogP contribution is -2.48. The molecule has 0 aromatic heterocycles. The van der Waals surface area contributed by atoms with E-state index in [2.05, 4.69) is 55.3 Å². The maximum absolute atomic E-state index is 13.0. The lowest BCUT2D eigenvalue weighted by atomic mass is 9.80. The Morgan fingerprint density at radius 3 is 2.57 bits per heavy atom. The second-order valence-electron chi connectivity index (χ2n) is 7.03. The van der Waals surface area contributed by atoms with E-state index >= 15 is 0 Å². The fourth-order valence-electron chi connectivity index (χ4n) is 3.67. The zero-order valence-corrected chi connectivity index (χ0v) is 13.5. The summed E-state index contributed by atoms with van der Waals surface area (Å²) in [6.07, 6.45) is 3.12. The van der Waals surface area contributed by atoms with Gasteiger partial charge in [0.1, 0.15) is 6.17 Å². The second-order valence-corrected chi connectivity index (χ2v) is 7.03. The van der Waals surface area contributed by atoms with Gasteiger partial charge in [0.15, 0.2) is 0 Å². The molecule has 1 heterocycles. The topological polar surface area (TPSA) is 32.3 Å². The van der Waals surface area contributed by atoms with Crippen molar-refractivity contribution < 1.29 is 4.79 Å². The van der Waals surface area contributed by atoms with Gasteiger partial charge < -0.3 is 4.90 Å². The highest BCUT2D eigenvalue weighted by molar-refractivity contribution is 5.89. The standard InChI is InChI=1S/C18H26N2O/c1-5-18(4)17(21)20(14-10-12(2)11-14)16(19-18)15-9-7-6-8-13(15)3/h6-9,12,14,16,19H,5,10-11H2,1-4H3. The molecule has 0 bridgehead atoms. The fraction of sp³-hybridized carbons (Fsp3) is 0.611. The summed E-state index contributed by atoms with van der Waals surface area (Å²) in [5, 5.41) is 3.61. The molecule has 0 radical (unpaired) electrons. The molecule has 114 valence electrons. The van der Waals surface area contributed by atoms with Crippen molar-refractivity contribution in [3.05, 3.63) is 35.4 Å². The quantitative estimate of drug-likeness (QED) is 0.923. The zero-order chi connectivity index (χ0) is 15.2. The summed E-state index contributed by atoms with van der Waals surface area (Å²) in [4.78, 5) is 15.1. The largest absolute Gasteiger partial charge is 0.318 e. The predicted octanol–water partition coefficient (Wildman–Crippen LogP) is 3.39. The number of amides is 1. The summed E-state index contributed by atoms with van der Waals surface area (Å²) in [6.45, 7) is 8.53. The molecule has 21 heavy (non-hydrogen) atoms. The smallest absolute Gasteiger partial charge is 0.244 e. The van der Waals surface area contributed by atoms with Crippen LogP contribution in [0.3, 0.4) is 0 Å². The molecular formula is C18H26N2O. The minimum atomic E-state index is -0.425. The van der Waals surface area contributed by atoms with Gasteiger partial charge in [-0.15, -0.1) is 0 Å². The van der Waals surface area contributed by atoms with Crippen molar-refractivity contribution in [3.8, 4) is 0 Å². The van der Waals surface area contributed by atoms with Crippen LogP contribution in [0.2, 0.25) is 0 Å². The Hall–Kier alpha value is -1.35. The Kier molecular flexibility index (Phi) is 3.56. The van der Waals surface area contributed by atoms with Gasteiger partial charge in [0, 0.05) is 6.04 Å². The van der Waals surface area contributed by atoms with Gasteiger partial charge >= 0.3 is 0 Å². The van der Waals surface area contributed by atoms with Gasteiger partial charge in [-0.1, -0.05) is 38.1 Å². The molecule has 2 aliphatic rings. The first-order valence-electron chi connectivity index (χ1n) is 8.12. The molecule has 1 aliphatic heterocycles. The van der Waals surface area contributed by atoms with Crippen LogP contribution in [0.5, 0.6) is 0 Å². The summed E-state index contributed by atoms with van der Waals surface area (Å²) in [7, 11) is 0. The highest BCUT2D eigenvalue weighted by Crippen LogP contribution is 2.42. The van der Waals surface area contributed by atoms with Crippen molar-refractivity contribution in [3.63, 3.8) is 0 Å². The van der Waals surface area contributed by atoms with Crippen molar-refractivity contribution in [1.29, 1.82) is 0 Å². The normalized spacial score (nSPS) is 35.9. The van der Waals surface area contributed by atoms with Crippen molar-refractivity contribution in [1.82, 2.24) is 10.2 Å². The van der Waals surface area contributed by atoms with Crippen molar-refractivity contribution in [2.24, 2.45) is 5.92 Å². The fourth-order valence-corrected chi connectivity index (χ4v) is 3.67. The summed E-state index contributed by atoms with van der Waals surface area (Å²) >= 11 is 0. The molecule has 3 nitrogen and oxygen atoms in total. The van der Waals surface area contributed by atoms with Crippen LogP contribution in [-0.2, 0) is 4.79 Å². The molecule has 1 saturated heterocycles. The number of carbonyl (C=O) groups is 1. The van der Waals surface area contributed by atoms with Crippen LogP contribution in [-0.4, -0.2) is 22.4 Å². The van der Waals surface area contributed by atoms with E-state index in [0.717, 1.165) is 25.2 Å². The molecular weight excluding hydrogens is 260 g/mol. The molecule has 2 unspecified atom stereocenters. The van der Waals surface area contributed by atoms with Gasteiger partial charge in [0.05, 0.1) is 5.54 Å². The Bertz CT molecular complexity index is 550. The second kappa shape index (κ2) is 5.13. The zero-order valence-electron chi connectivity index (χ0n) is 13.5. The molecule has 3 rings (SSSR count). The van der Waals surface area contributed by atoms with E-state index in [1.807, 2.05) is 6.92 Å². The highest BCUT2D eigenvalue weighted by Gasteiger charge is 2.51. The molecule has 0 spiro atoms. The molecule has 1 aromatic carbocycles. The molecule has 1 amide bonds. The molecule has 1 saturated carbocycles. The number of hydrogen-bond donors (Lipinski definition) is 1. The third-order valence-electron chi connectivity index (χ3n) is 5.37. The van der Waals surface area contributed by atoms with Crippen molar-refractivity contribution >= 4 is 5.91 Å². The van der Waals surface area contributed by atoms with E-state index in [1.54, 1.807) is 0 Å². The van der Waals surface area contributed by atoms with Gasteiger partial charge in [-0.3, -0.25) is 10.1 Å². The van der Waals surface area contributed by atoms with E-state index in [0.29, 0.717) is 6.04 Å². The summed E-state index contributed by atoms with van der Waals surface area (Å²) in [5.41, 5.74) is 2.06. The van der Waals surface area contributed by atoms with E-state index < -0.39 is 5.54 Å². The number of carbonyl (C=O) groups excluding carboxylic acids is 1. The summed E-state index contributed by atoms with van der Waals surface area (Å²) < 4.78 is 0. The van der Waals surface area contributed by atoms with Gasteiger partial charge in [-0.05, 0) is 50.2 Å². The van der Waals surface area contributed by atoms with Crippen molar-refractivity contribution in [2.75, 3.05) is 0 Å². The van der Waals surface area contributed by atoms with Crippen LogP contribution in [0.25, 0.3) is 0 Å². The number of hydrogen-bond acceptors (Lipinski definition) is 2. The Labute approximate surface area is 127 Å². The van der Waals surface area contributed by atoms with Gasteiger partial charge in [-0.25, -0.2) is 0 Å². The van der Waals surface area contributed by atoms with E-state index in [9.17, 15) is 4.79 Å². The van der Waals surface area contributed by atoms with Crippen LogP contribution in [0.1, 0.15) is 57.3 Å². The number of benzene rings is 1. The predicted molar refractivity (Wildman–Crippen MR) is 84.8 cm³/mol. The van der Waals surface area contributed by atoms with Gasteiger partial charge in [0.25, 0.3) is 0 Å². The maximum Gasteiger partial charge on any atom is 0.244 e. The monoisotopic (exact) mass is 286 g/mol.